The Hall–Kier alpha value is -3.08. The zero-order valence-corrected chi connectivity index (χ0v) is 19.6. The highest BCUT2D eigenvalue weighted by atomic mass is 35.5. The van der Waals surface area contributed by atoms with E-state index in [9.17, 15) is 4.79 Å². The van der Waals surface area contributed by atoms with Crippen molar-refractivity contribution < 1.29 is 14.3 Å². The van der Waals surface area contributed by atoms with E-state index in [0.717, 1.165) is 46.8 Å². The lowest BCUT2D eigenvalue weighted by atomic mass is 9.98. The molecule has 0 radical (unpaired) electrons. The van der Waals surface area contributed by atoms with Crippen LogP contribution in [0, 0.1) is 6.92 Å². The van der Waals surface area contributed by atoms with Gasteiger partial charge in [0, 0.05) is 18.1 Å². The summed E-state index contributed by atoms with van der Waals surface area (Å²) in [5, 5.41) is 0.742. The maximum absolute atomic E-state index is 13.2. The number of hydrogen-bond donors (Lipinski definition) is 0. The number of nitrogens with zero attached hydrogens (tertiary/aromatic N) is 1. The van der Waals surface area contributed by atoms with Crippen LogP contribution < -0.4 is 9.47 Å². The van der Waals surface area contributed by atoms with Crippen LogP contribution in [0.15, 0.2) is 60.4 Å². The Bertz CT molecular complexity index is 1230. The van der Waals surface area contributed by atoms with Gasteiger partial charge in [0.25, 0.3) is 0 Å². The third-order valence-electron chi connectivity index (χ3n) is 6.30. The molecular formula is C28H26ClNO3. The number of hydrogen-bond acceptors (Lipinski definition) is 4. The highest BCUT2D eigenvalue weighted by molar-refractivity contribution is 6.30. The van der Waals surface area contributed by atoms with Crippen molar-refractivity contribution in [2.24, 2.45) is 0 Å². The number of ether oxygens (including phenoxy) is 2. The van der Waals surface area contributed by atoms with Gasteiger partial charge in [0.1, 0.15) is 18.2 Å². The SMILES string of the molecule is CCc1ccc(/C=C2/Oc3c4c(cc(C)c3C2=O)OCN(CCc2ccc(Cl)cc2)C4)cc1. The summed E-state index contributed by atoms with van der Waals surface area (Å²) < 4.78 is 12.2. The second-order valence-corrected chi connectivity index (χ2v) is 9.05. The number of aryl methyl sites for hydroxylation is 2. The van der Waals surface area contributed by atoms with E-state index < -0.39 is 0 Å². The van der Waals surface area contributed by atoms with Crippen LogP contribution in [-0.4, -0.2) is 24.0 Å². The van der Waals surface area contributed by atoms with Crippen LogP contribution in [0.2, 0.25) is 5.02 Å². The fourth-order valence-corrected chi connectivity index (χ4v) is 4.48. The maximum atomic E-state index is 13.2. The van der Waals surface area contributed by atoms with E-state index in [1.165, 1.54) is 11.1 Å². The smallest absolute Gasteiger partial charge is 0.232 e. The Morgan fingerprint density at radius 3 is 2.52 bits per heavy atom. The van der Waals surface area contributed by atoms with Gasteiger partial charge in [0.2, 0.25) is 5.78 Å². The summed E-state index contributed by atoms with van der Waals surface area (Å²) in [4.78, 5) is 15.4. The normalized spacial score (nSPS) is 16.3. The first-order valence-electron chi connectivity index (χ1n) is 11.3. The predicted octanol–water partition coefficient (Wildman–Crippen LogP) is 6.22. The number of carbonyl (C=O) groups is 1. The second kappa shape index (κ2) is 9.05. The Kier molecular flexibility index (Phi) is 5.96. The van der Waals surface area contributed by atoms with Crippen LogP contribution in [0.1, 0.15) is 45.1 Å². The number of allylic oxidation sites excluding steroid dienone is 1. The predicted molar refractivity (Wildman–Crippen MR) is 131 cm³/mol. The molecule has 33 heavy (non-hydrogen) atoms. The molecule has 168 valence electrons. The summed E-state index contributed by atoms with van der Waals surface area (Å²) in [6.45, 7) is 6.09. The van der Waals surface area contributed by atoms with Crippen LogP contribution in [0.4, 0.5) is 0 Å². The quantitative estimate of drug-likeness (QED) is 0.424. The molecule has 0 atom stereocenters. The van der Waals surface area contributed by atoms with Crippen molar-refractivity contribution in [3.05, 3.63) is 98.8 Å². The Labute approximate surface area is 199 Å². The van der Waals surface area contributed by atoms with Crippen LogP contribution in [0.3, 0.4) is 0 Å². The maximum Gasteiger partial charge on any atom is 0.232 e. The van der Waals surface area contributed by atoms with Crippen LogP contribution >= 0.6 is 11.6 Å². The minimum Gasteiger partial charge on any atom is -0.478 e. The fourth-order valence-electron chi connectivity index (χ4n) is 4.36. The van der Waals surface area contributed by atoms with Gasteiger partial charge in [-0.1, -0.05) is 54.9 Å². The van der Waals surface area contributed by atoms with Crippen molar-refractivity contribution in [1.82, 2.24) is 4.90 Å². The average molecular weight is 460 g/mol. The highest BCUT2D eigenvalue weighted by Gasteiger charge is 2.35. The Morgan fingerprint density at radius 2 is 1.79 bits per heavy atom. The van der Waals surface area contributed by atoms with Crippen molar-refractivity contribution >= 4 is 23.5 Å². The topological polar surface area (TPSA) is 38.8 Å². The van der Waals surface area contributed by atoms with Gasteiger partial charge < -0.3 is 9.47 Å². The number of fused-ring (bicyclic) bond motifs is 3. The molecule has 0 spiro atoms. The van der Waals surface area contributed by atoms with Gasteiger partial charge in [-0.3, -0.25) is 9.69 Å². The average Bonchev–Trinajstić information content (AvgIpc) is 3.16. The van der Waals surface area contributed by atoms with E-state index in [-0.39, 0.29) is 5.78 Å². The third kappa shape index (κ3) is 4.41. The molecule has 0 aliphatic carbocycles. The van der Waals surface area contributed by atoms with Crippen molar-refractivity contribution in [1.29, 1.82) is 0 Å². The lowest BCUT2D eigenvalue weighted by Gasteiger charge is -2.30. The molecular weight excluding hydrogens is 434 g/mol. The third-order valence-corrected chi connectivity index (χ3v) is 6.56. The molecule has 0 fully saturated rings. The summed E-state index contributed by atoms with van der Waals surface area (Å²) in [6.07, 6.45) is 3.70. The molecule has 2 aliphatic rings. The van der Waals surface area contributed by atoms with Crippen LogP contribution in [-0.2, 0) is 19.4 Å². The van der Waals surface area contributed by atoms with Crippen molar-refractivity contribution in [3.63, 3.8) is 0 Å². The monoisotopic (exact) mass is 459 g/mol. The first-order valence-corrected chi connectivity index (χ1v) is 11.7. The van der Waals surface area contributed by atoms with Crippen molar-refractivity contribution in [2.45, 2.75) is 33.2 Å². The number of halogens is 1. The lowest BCUT2D eigenvalue weighted by Crippen LogP contribution is -2.33. The molecule has 5 rings (SSSR count). The van der Waals surface area contributed by atoms with Crippen molar-refractivity contribution in [3.8, 4) is 11.5 Å². The summed E-state index contributed by atoms with van der Waals surface area (Å²) in [7, 11) is 0. The van der Waals surface area contributed by atoms with Crippen LogP contribution in [0.25, 0.3) is 6.08 Å². The number of Topliss-reactive ketones (excluding diaryl/α,β-unsaturated/α-hetero) is 1. The van der Waals surface area contributed by atoms with Gasteiger partial charge in [-0.2, -0.15) is 0 Å². The van der Waals surface area contributed by atoms with Gasteiger partial charge >= 0.3 is 0 Å². The zero-order chi connectivity index (χ0) is 22.9. The first kappa shape index (κ1) is 21.7. The number of rotatable bonds is 5. The van der Waals surface area contributed by atoms with E-state index in [1.807, 2.05) is 55.5 Å². The fraction of sp³-hybridized carbons (Fsp3) is 0.250. The molecule has 3 aromatic carbocycles. The van der Waals surface area contributed by atoms with E-state index in [1.54, 1.807) is 0 Å². The molecule has 2 aliphatic heterocycles. The van der Waals surface area contributed by atoms with E-state index in [4.69, 9.17) is 21.1 Å². The minimum atomic E-state index is -0.0665. The first-order chi connectivity index (χ1) is 16.0. The summed E-state index contributed by atoms with van der Waals surface area (Å²) >= 11 is 6.00. The van der Waals surface area contributed by atoms with E-state index in [0.29, 0.717) is 30.3 Å². The van der Waals surface area contributed by atoms with Gasteiger partial charge in [0.15, 0.2) is 5.76 Å². The molecule has 2 heterocycles. The van der Waals surface area contributed by atoms with Gasteiger partial charge in [-0.25, -0.2) is 0 Å². The molecule has 3 aromatic rings. The molecule has 0 N–H and O–H groups in total. The van der Waals surface area contributed by atoms with E-state index >= 15 is 0 Å². The molecule has 0 bridgehead atoms. The Morgan fingerprint density at radius 1 is 1.06 bits per heavy atom. The number of benzene rings is 3. The molecule has 0 amide bonds. The summed E-state index contributed by atoms with van der Waals surface area (Å²) in [6, 6.07) is 18.1. The van der Waals surface area contributed by atoms with Gasteiger partial charge in [0.05, 0.1) is 11.1 Å². The highest BCUT2D eigenvalue weighted by Crippen LogP contribution is 2.44. The van der Waals surface area contributed by atoms with Gasteiger partial charge in [-0.15, -0.1) is 0 Å². The zero-order valence-electron chi connectivity index (χ0n) is 18.9. The molecule has 5 heteroatoms. The molecule has 0 saturated carbocycles. The Balaban J connectivity index is 1.38. The van der Waals surface area contributed by atoms with Crippen LogP contribution in [0.5, 0.6) is 11.5 Å². The molecule has 0 aromatic heterocycles. The number of ketones is 1. The minimum absolute atomic E-state index is 0.0665. The lowest BCUT2D eigenvalue weighted by molar-refractivity contribution is 0.0949. The summed E-state index contributed by atoms with van der Waals surface area (Å²) in [5.41, 5.74) is 5.91. The standard InChI is InChI=1S/C28H26ClNO3/c1-3-19-4-6-21(7-5-19)15-25-27(31)26-18(2)14-24-23(28(26)33-25)16-30(17-32-24)13-12-20-8-10-22(29)11-9-20/h4-11,14-15H,3,12-13,16-17H2,1-2H3/b25-15+. The van der Waals surface area contributed by atoms with Gasteiger partial charge in [-0.05, 0) is 66.3 Å². The van der Waals surface area contributed by atoms with Crippen molar-refractivity contribution in [2.75, 3.05) is 13.3 Å². The molecule has 0 saturated heterocycles. The largest absolute Gasteiger partial charge is 0.478 e. The second-order valence-electron chi connectivity index (χ2n) is 8.61. The van der Waals surface area contributed by atoms with E-state index in [2.05, 4.69) is 24.0 Å². The number of carbonyl (C=O) groups excluding carboxylic acids is 1. The molecule has 0 unspecified atom stereocenters. The molecule has 4 nitrogen and oxygen atoms in total. The summed E-state index contributed by atoms with van der Waals surface area (Å²) in [5.74, 6) is 1.74.